The largest absolute Gasteiger partial charge is 0.512 e. The minimum atomic E-state index is -0.151. The Morgan fingerprint density at radius 2 is 1.81 bits per heavy atom. The van der Waals surface area contributed by atoms with Crippen LogP contribution in [0.4, 0.5) is 5.69 Å². The number of pyridine rings is 1. The molecule has 3 atom stereocenters. The maximum Gasteiger partial charge on any atom is 0.0619 e. The summed E-state index contributed by atoms with van der Waals surface area (Å²) in [5, 5.41) is 0.839. The van der Waals surface area contributed by atoms with Crippen molar-refractivity contribution in [3.8, 4) is 0 Å². The van der Waals surface area contributed by atoms with Gasteiger partial charge in [0.1, 0.15) is 0 Å². The molecule has 2 nitrogen and oxygen atoms in total. The van der Waals surface area contributed by atoms with Crippen LogP contribution in [0.3, 0.4) is 0 Å². The van der Waals surface area contributed by atoms with Gasteiger partial charge in [-0.05, 0) is 81.3 Å². The number of anilines is 1. The monoisotopic (exact) mass is 753 g/mol. The number of benzene rings is 2. The van der Waals surface area contributed by atoms with Gasteiger partial charge in [0.2, 0.25) is 0 Å². The molecule has 0 spiro atoms. The second kappa shape index (κ2) is 17.5. The minimum absolute atomic E-state index is 0. The third kappa shape index (κ3) is 8.61. The number of allylic oxidation sites excluding steroid dienone is 8. The average molecular weight is 754 g/mol. The fourth-order valence-corrected chi connectivity index (χ4v) is 8.34. The maximum absolute atomic E-state index is 6.87. The number of aromatic nitrogens is 1. The van der Waals surface area contributed by atoms with E-state index in [9.17, 15) is 0 Å². The second-order valence-electron chi connectivity index (χ2n) is 12.6. The first kappa shape index (κ1) is 38.6. The molecule has 3 aromatic rings. The summed E-state index contributed by atoms with van der Waals surface area (Å²) in [4.78, 5) is 6.26. The van der Waals surface area contributed by atoms with Crippen LogP contribution in [0, 0.1) is 33.7 Å². The smallest absolute Gasteiger partial charge is 0.0619 e. The zero-order valence-corrected chi connectivity index (χ0v) is 32.1. The summed E-state index contributed by atoms with van der Waals surface area (Å²) in [6, 6.07) is 19.2. The van der Waals surface area contributed by atoms with Gasteiger partial charge in [-0.25, -0.2) is 6.54 Å². The van der Waals surface area contributed by atoms with Crippen LogP contribution >= 0.6 is 21.3 Å². The van der Waals surface area contributed by atoms with Crippen molar-refractivity contribution >= 4 is 31.6 Å². The molecule has 0 saturated carbocycles. The first-order valence-electron chi connectivity index (χ1n) is 15.9. The van der Waals surface area contributed by atoms with E-state index in [1.54, 1.807) is 12.4 Å². The van der Waals surface area contributed by atoms with E-state index in [4.69, 9.17) is 21.3 Å². The molecule has 2 heterocycles. The molecule has 1 aromatic heterocycles. The standard InChI is InChI=1S/C28H31ClN.C8H10.C5H5N.CH3.ClH.Ru/c1-18-14-19(2)26(24(29)15-18)30-17-28-20(3)10-6-7-11-21(16-25(28)27(30,4)5)22-12-8-9-13-23(22)28;1-4-5-6-7-8(2)3;1-2-4-6-5-3-1;;;/h6,8-10,12-17,20-21H,7,11H2,1-5H3;2,4-7H,3H2,1H3;1-5H;1H3;1H;/q-1;;;-1;;+1/p-1/b10-6-;5-4-,7-6-;;;;/t20-,21?,28?;;;;;/m0...../s1. The van der Waals surface area contributed by atoms with Crippen LogP contribution in [0.1, 0.15) is 68.7 Å². The Bertz CT molecular complexity index is 1600. The van der Waals surface area contributed by atoms with Gasteiger partial charge in [0.05, 0.1) is 5.02 Å². The third-order valence-electron chi connectivity index (χ3n) is 8.99. The molecule has 2 unspecified atom stereocenters. The molecule has 2 bridgehead atoms. The summed E-state index contributed by atoms with van der Waals surface area (Å²) in [6.07, 6.45) is 21.1. The quantitative estimate of drug-likeness (QED) is 0.114. The van der Waals surface area contributed by atoms with Crippen LogP contribution in [-0.4, -0.2) is 15.1 Å². The number of halogens is 2. The summed E-state index contributed by atoms with van der Waals surface area (Å²) >= 11 is 6.74. The van der Waals surface area contributed by atoms with Crippen molar-refractivity contribution in [2.24, 2.45) is 5.92 Å². The number of hydrogen-bond donors (Lipinski definition) is 0. The number of nitrogens with zero attached hydrogens (tertiary/aromatic N) is 2. The van der Waals surface area contributed by atoms with Crippen LogP contribution in [0.2, 0.25) is 5.02 Å². The zero-order chi connectivity index (χ0) is 33.3. The van der Waals surface area contributed by atoms with Crippen molar-refractivity contribution in [2.45, 2.75) is 71.3 Å². The van der Waals surface area contributed by atoms with Gasteiger partial charge < -0.3 is 12.3 Å². The van der Waals surface area contributed by atoms with Crippen molar-refractivity contribution in [3.63, 3.8) is 0 Å². The van der Waals surface area contributed by atoms with Gasteiger partial charge in [0.15, 0.2) is 0 Å². The Kier molecular flexibility index (Phi) is 14.4. The Hall–Kier alpha value is -2.84. The molecule has 251 valence electrons. The van der Waals surface area contributed by atoms with Crippen molar-refractivity contribution in [3.05, 3.63) is 168 Å². The van der Waals surface area contributed by atoms with Crippen molar-refractivity contribution < 1.29 is 15.7 Å². The van der Waals surface area contributed by atoms with E-state index >= 15 is 0 Å². The summed E-state index contributed by atoms with van der Waals surface area (Å²) < 4.78 is 1.95. The van der Waals surface area contributed by atoms with Gasteiger partial charge in [0, 0.05) is 29.5 Å². The number of aryl methyl sites for hydroxylation is 2. The molecule has 1 saturated heterocycles. The van der Waals surface area contributed by atoms with Gasteiger partial charge in [-0.2, -0.15) is 0 Å². The van der Waals surface area contributed by atoms with Crippen LogP contribution in [0.25, 0.3) is 0 Å². The molecule has 2 aromatic carbocycles. The molecule has 2 aliphatic carbocycles. The fraction of sp³-hybridized carbons (Fsp3) is 0.286. The van der Waals surface area contributed by atoms with E-state index in [1.165, 1.54) is 34.2 Å². The molecular weight excluding hydrogens is 704 g/mol. The Labute approximate surface area is 301 Å². The van der Waals surface area contributed by atoms with Gasteiger partial charge >= 0.3 is 73.4 Å². The van der Waals surface area contributed by atoms with Crippen LogP contribution < -0.4 is 4.90 Å². The Morgan fingerprint density at radius 3 is 2.43 bits per heavy atom. The predicted molar refractivity (Wildman–Crippen MR) is 204 cm³/mol. The second-order valence-corrected chi connectivity index (χ2v) is 14.8. The number of rotatable bonds is 4. The van der Waals surface area contributed by atoms with Crippen molar-refractivity contribution in [2.75, 3.05) is 4.90 Å². The van der Waals surface area contributed by atoms with E-state index in [0.717, 1.165) is 22.7 Å². The molecule has 6 rings (SSSR count). The van der Waals surface area contributed by atoms with E-state index in [0.29, 0.717) is 11.8 Å². The fourth-order valence-electron chi connectivity index (χ4n) is 6.93. The maximum atomic E-state index is 6.87. The molecular formula is C42H49Cl2N2Ru-2. The van der Waals surface area contributed by atoms with Crippen molar-refractivity contribution in [1.82, 2.24) is 4.98 Å². The SMILES string of the molecule is C=C([CH]=[Ru][Cl])/C=C\C=C/C.Cc1cc(C)c(N2[CH-]C34C(=CC(CC/C=C\[C@@H]3C)c3ccccc34)C2(C)C)c(Cl)c1.[CH3-].c1ccncc1. The molecule has 1 aliphatic heterocycles. The Morgan fingerprint density at radius 1 is 1.09 bits per heavy atom. The molecule has 0 radical (unpaired) electrons. The number of hydrogen-bond acceptors (Lipinski definition) is 2. The van der Waals surface area contributed by atoms with E-state index in [-0.39, 0.29) is 34.1 Å². The Balaban J connectivity index is 0.000000293. The van der Waals surface area contributed by atoms with Crippen molar-refractivity contribution in [1.29, 1.82) is 0 Å². The first-order chi connectivity index (χ1) is 22.1. The van der Waals surface area contributed by atoms with E-state index in [2.05, 4.69) is 112 Å². The summed E-state index contributed by atoms with van der Waals surface area (Å²) in [7, 11) is 5.53. The van der Waals surface area contributed by atoms with Gasteiger partial charge in [-0.1, -0.05) is 89.7 Å². The summed E-state index contributed by atoms with van der Waals surface area (Å²) in [6.45, 7) is 19.7. The predicted octanol–water partition coefficient (Wildman–Crippen LogP) is 11.9. The zero-order valence-electron chi connectivity index (χ0n) is 28.8. The minimum Gasteiger partial charge on any atom is -0.512 e. The van der Waals surface area contributed by atoms with E-state index < -0.39 is 0 Å². The van der Waals surface area contributed by atoms with Crippen LogP contribution in [0.15, 0.2) is 127 Å². The van der Waals surface area contributed by atoms with Gasteiger partial charge in [0.25, 0.3) is 0 Å². The molecule has 47 heavy (non-hydrogen) atoms. The van der Waals surface area contributed by atoms with Crippen LogP contribution in [-0.2, 0) is 21.1 Å². The molecule has 0 amide bonds. The van der Waals surface area contributed by atoms with E-state index in [1.807, 2.05) is 54.0 Å². The topological polar surface area (TPSA) is 16.1 Å². The van der Waals surface area contributed by atoms with Gasteiger partial charge in [-0.3, -0.25) is 4.98 Å². The first-order valence-corrected chi connectivity index (χ1v) is 19.5. The molecule has 5 heteroatoms. The summed E-state index contributed by atoms with van der Waals surface area (Å²) in [5.74, 6) is 0.847. The van der Waals surface area contributed by atoms with Crippen LogP contribution in [0.5, 0.6) is 0 Å². The normalized spacial score (nSPS) is 23.0. The summed E-state index contributed by atoms with van der Waals surface area (Å²) in [5.41, 5.74) is 8.78. The molecule has 0 N–H and O–H groups in total. The third-order valence-corrected chi connectivity index (χ3v) is 10.6. The number of fused-ring (bicyclic) bond motifs is 3. The van der Waals surface area contributed by atoms with Gasteiger partial charge in [-0.15, -0.1) is 0 Å². The molecule has 3 aliphatic rings. The molecule has 1 fully saturated rings. The average Bonchev–Trinajstić information content (AvgIpc) is 3.33.